The van der Waals surface area contributed by atoms with Gasteiger partial charge in [-0.05, 0) is 67.1 Å². The number of rotatable bonds is 4. The normalized spacial score (nSPS) is 20.3. The molecule has 0 spiro atoms. The molecule has 0 aromatic heterocycles. The highest BCUT2D eigenvalue weighted by Gasteiger charge is 2.32. The van der Waals surface area contributed by atoms with Gasteiger partial charge in [-0.2, -0.15) is 0 Å². The van der Waals surface area contributed by atoms with Crippen LogP contribution in [0, 0.1) is 0 Å². The molecule has 1 heterocycles. The molecule has 1 aliphatic carbocycles. The molecule has 0 radical (unpaired) electrons. The first-order chi connectivity index (χ1) is 14.8. The molecule has 2 aliphatic rings. The smallest absolute Gasteiger partial charge is 0.259 e. The van der Waals surface area contributed by atoms with Crippen molar-refractivity contribution in [2.24, 2.45) is 4.99 Å². The van der Waals surface area contributed by atoms with Crippen LogP contribution in [-0.2, 0) is 22.9 Å². The van der Waals surface area contributed by atoms with Gasteiger partial charge in [-0.3, -0.25) is 9.69 Å². The number of carbonyl (C=O) groups excluding carboxylic acids is 1. The second-order valence-electron chi connectivity index (χ2n) is 8.21. The third-order valence-electron chi connectivity index (χ3n) is 5.64. The maximum atomic E-state index is 13.3. The van der Waals surface area contributed by atoms with Crippen LogP contribution in [0.3, 0.4) is 0 Å². The van der Waals surface area contributed by atoms with Crippen molar-refractivity contribution in [3.63, 3.8) is 0 Å². The highest BCUT2D eigenvalue weighted by molar-refractivity contribution is 8.14. The van der Waals surface area contributed by atoms with Crippen LogP contribution < -0.4 is 0 Å². The third kappa shape index (κ3) is 4.56. The van der Waals surface area contributed by atoms with Gasteiger partial charge in [0.05, 0.1) is 10.6 Å². The van der Waals surface area contributed by atoms with Crippen molar-refractivity contribution in [2.75, 3.05) is 20.6 Å². The van der Waals surface area contributed by atoms with Crippen molar-refractivity contribution in [1.82, 2.24) is 9.21 Å². The van der Waals surface area contributed by atoms with Gasteiger partial charge in [0.1, 0.15) is 0 Å². The summed E-state index contributed by atoms with van der Waals surface area (Å²) >= 11 is 1.54. The quantitative estimate of drug-likeness (QED) is 0.694. The van der Waals surface area contributed by atoms with E-state index in [1.165, 1.54) is 54.1 Å². The fourth-order valence-electron chi connectivity index (χ4n) is 3.93. The van der Waals surface area contributed by atoms with E-state index < -0.39 is 10.0 Å². The number of hydrogen-bond donors (Lipinski definition) is 0. The van der Waals surface area contributed by atoms with E-state index in [0.29, 0.717) is 23.0 Å². The summed E-state index contributed by atoms with van der Waals surface area (Å²) in [7, 11) is -0.546. The number of amidine groups is 1. The number of amides is 1. The second-order valence-corrected chi connectivity index (χ2v) is 11.8. The number of nitrogens with zero attached hydrogens (tertiary/aromatic N) is 3. The first-order valence-corrected chi connectivity index (χ1v) is 12.8. The Morgan fingerprint density at radius 3 is 2.58 bits per heavy atom. The number of aliphatic imine (C=N–C) groups is 1. The third-order valence-corrected chi connectivity index (χ3v) is 8.52. The van der Waals surface area contributed by atoms with Gasteiger partial charge in [-0.1, -0.05) is 30.8 Å². The molecule has 6 nitrogen and oxygen atoms in total. The summed E-state index contributed by atoms with van der Waals surface area (Å²) in [6.07, 6.45) is 4.48. The second kappa shape index (κ2) is 8.76. The highest BCUT2D eigenvalue weighted by atomic mass is 32.2. The van der Waals surface area contributed by atoms with Crippen molar-refractivity contribution >= 4 is 38.5 Å². The van der Waals surface area contributed by atoms with Gasteiger partial charge < -0.3 is 0 Å². The summed E-state index contributed by atoms with van der Waals surface area (Å²) in [5, 5.41) is 0.823. The van der Waals surface area contributed by atoms with Crippen molar-refractivity contribution in [3.05, 3.63) is 59.2 Å². The Hall–Kier alpha value is -2.16. The van der Waals surface area contributed by atoms with Gasteiger partial charge in [-0.25, -0.2) is 17.7 Å². The molecule has 8 heteroatoms. The Balaban J connectivity index is 1.64. The number of thioether (sulfide) groups is 1. The average Bonchev–Trinajstić information content (AvgIpc) is 3.12. The predicted octanol–water partition coefficient (Wildman–Crippen LogP) is 4.08. The minimum atomic E-state index is -3.55. The van der Waals surface area contributed by atoms with Gasteiger partial charge in [0.25, 0.3) is 5.91 Å². The minimum Gasteiger partial charge on any atom is -0.286 e. The zero-order valence-corrected chi connectivity index (χ0v) is 19.7. The molecule has 31 heavy (non-hydrogen) atoms. The fraction of sp³-hybridized carbons (Fsp3) is 0.391. The van der Waals surface area contributed by atoms with E-state index in [0.717, 1.165) is 12.8 Å². The molecule has 1 atom stereocenters. The lowest BCUT2D eigenvalue weighted by Gasteiger charge is -2.20. The summed E-state index contributed by atoms with van der Waals surface area (Å²) in [6, 6.07) is 12.6. The van der Waals surface area contributed by atoms with Gasteiger partial charge in [0, 0.05) is 31.5 Å². The van der Waals surface area contributed by atoms with Crippen LogP contribution in [-0.4, -0.2) is 54.6 Å². The van der Waals surface area contributed by atoms with Gasteiger partial charge in [0.2, 0.25) is 10.0 Å². The molecule has 4 rings (SSSR count). The fourth-order valence-corrected chi connectivity index (χ4v) is 5.90. The van der Waals surface area contributed by atoms with Crippen LogP contribution in [0.25, 0.3) is 0 Å². The summed E-state index contributed by atoms with van der Waals surface area (Å²) in [6.45, 7) is 2.64. The summed E-state index contributed by atoms with van der Waals surface area (Å²) in [5.74, 6) is -0.0546. The summed E-state index contributed by atoms with van der Waals surface area (Å²) < 4.78 is 26.1. The van der Waals surface area contributed by atoms with E-state index in [1.807, 2.05) is 12.1 Å². The van der Waals surface area contributed by atoms with Crippen molar-refractivity contribution in [2.45, 2.75) is 42.8 Å². The lowest BCUT2D eigenvalue weighted by Crippen LogP contribution is -2.32. The lowest BCUT2D eigenvalue weighted by molar-refractivity contribution is 0.0855. The van der Waals surface area contributed by atoms with Gasteiger partial charge in [-0.15, -0.1) is 0 Å². The summed E-state index contributed by atoms with van der Waals surface area (Å²) in [4.78, 5) is 19.9. The molecule has 0 saturated carbocycles. The molecule has 2 aromatic rings. The number of fused-ring (bicyclic) bond motifs is 1. The van der Waals surface area contributed by atoms with Crippen LogP contribution in [0.4, 0.5) is 5.69 Å². The van der Waals surface area contributed by atoms with Gasteiger partial charge in [0.15, 0.2) is 5.17 Å². The first-order valence-electron chi connectivity index (χ1n) is 10.5. The molecule has 1 aliphatic heterocycles. The number of hydrogen-bond acceptors (Lipinski definition) is 5. The molecule has 1 amide bonds. The average molecular weight is 458 g/mol. The largest absolute Gasteiger partial charge is 0.286 e. The number of carbonyl (C=O) groups is 1. The molecule has 1 fully saturated rings. The van der Waals surface area contributed by atoms with Crippen LogP contribution in [0.15, 0.2) is 52.4 Å². The van der Waals surface area contributed by atoms with E-state index in [9.17, 15) is 13.2 Å². The Morgan fingerprint density at radius 2 is 1.84 bits per heavy atom. The molecule has 0 bridgehead atoms. The zero-order valence-electron chi connectivity index (χ0n) is 18.0. The topological polar surface area (TPSA) is 70.0 Å². The highest BCUT2D eigenvalue weighted by Crippen LogP contribution is 2.31. The maximum Gasteiger partial charge on any atom is 0.259 e. The molecular weight excluding hydrogens is 430 g/mol. The minimum absolute atomic E-state index is 0.0546. The standard InChI is InChI=1S/C23H27N3O3S2/c1-16-15-26(22(27)19-12-11-17-7-4-5-8-18(17)13-19)23(30-16)24-20-9-6-10-21(14-20)31(28,29)25(2)3/h6,9-14,16H,4-5,7-8,15H2,1-3H3/t16-/m1/s1. The Bertz CT molecular complexity index is 1140. The Labute approximate surface area is 188 Å². The van der Waals surface area contributed by atoms with Crippen molar-refractivity contribution in [1.29, 1.82) is 0 Å². The first kappa shape index (κ1) is 22.0. The Morgan fingerprint density at radius 1 is 1.10 bits per heavy atom. The summed E-state index contributed by atoms with van der Waals surface area (Å²) in [5.41, 5.74) is 3.83. The van der Waals surface area contributed by atoms with Crippen LogP contribution in [0.1, 0.15) is 41.3 Å². The molecular formula is C23H27N3O3S2. The predicted molar refractivity (Wildman–Crippen MR) is 126 cm³/mol. The van der Waals surface area contributed by atoms with Crippen LogP contribution >= 0.6 is 11.8 Å². The number of aryl methyl sites for hydroxylation is 2. The van der Waals surface area contributed by atoms with Gasteiger partial charge >= 0.3 is 0 Å². The Kier molecular flexibility index (Phi) is 6.23. The maximum absolute atomic E-state index is 13.3. The van der Waals surface area contributed by atoms with Crippen LogP contribution in [0.2, 0.25) is 0 Å². The van der Waals surface area contributed by atoms with Crippen molar-refractivity contribution in [3.8, 4) is 0 Å². The molecule has 164 valence electrons. The SMILES string of the molecule is C[C@@H]1CN(C(=O)c2ccc3c(c2)CCCC3)C(=Nc2cccc(S(=O)(=O)N(C)C)c2)S1. The molecule has 2 aromatic carbocycles. The monoisotopic (exact) mass is 457 g/mol. The van der Waals surface area contributed by atoms with E-state index in [2.05, 4.69) is 18.0 Å². The molecule has 0 N–H and O–H groups in total. The molecule has 1 saturated heterocycles. The number of benzene rings is 2. The van der Waals surface area contributed by atoms with E-state index in [4.69, 9.17) is 0 Å². The van der Waals surface area contributed by atoms with E-state index in [-0.39, 0.29) is 16.1 Å². The zero-order chi connectivity index (χ0) is 22.2. The van der Waals surface area contributed by atoms with Crippen molar-refractivity contribution < 1.29 is 13.2 Å². The van der Waals surface area contributed by atoms with E-state index in [1.54, 1.807) is 29.2 Å². The lowest BCUT2D eigenvalue weighted by atomic mass is 9.90. The molecule has 0 unspecified atom stereocenters. The van der Waals surface area contributed by atoms with Crippen LogP contribution in [0.5, 0.6) is 0 Å². The number of sulfonamides is 1. The van der Waals surface area contributed by atoms with E-state index >= 15 is 0 Å².